The van der Waals surface area contributed by atoms with Gasteiger partial charge in [0.05, 0.1) is 14.2 Å². The van der Waals surface area contributed by atoms with Gasteiger partial charge >= 0.3 is 0 Å². The minimum absolute atomic E-state index is 0.201. The smallest absolute Gasteiger partial charge is 0.160 e. The number of phenolic OH excluding ortho intramolecular Hbond substituents is 1. The molecule has 0 saturated heterocycles. The molecule has 2 aromatic carbocycles. The maximum absolute atomic E-state index is 10.2. The van der Waals surface area contributed by atoms with Crippen molar-refractivity contribution in [1.82, 2.24) is 4.90 Å². The molecule has 0 aliphatic heterocycles. The fourth-order valence-electron chi connectivity index (χ4n) is 3.94. The second-order valence-electron chi connectivity index (χ2n) is 7.92. The zero-order chi connectivity index (χ0) is 20.1. The third-order valence-corrected chi connectivity index (χ3v) is 5.68. The first-order chi connectivity index (χ1) is 13.5. The Morgan fingerprint density at radius 3 is 2.50 bits per heavy atom. The molecular formula is C24H33NO3. The average molecular weight is 384 g/mol. The molecule has 2 aromatic rings. The Labute approximate surface area is 169 Å². The molecule has 4 nitrogen and oxygen atoms in total. The van der Waals surface area contributed by atoms with Crippen molar-refractivity contribution in [2.75, 3.05) is 27.8 Å². The van der Waals surface area contributed by atoms with Gasteiger partial charge in [-0.25, -0.2) is 0 Å². The van der Waals surface area contributed by atoms with E-state index in [0.29, 0.717) is 5.75 Å². The summed E-state index contributed by atoms with van der Waals surface area (Å²) in [6.45, 7) is 3.33. The molecule has 0 spiro atoms. The van der Waals surface area contributed by atoms with Crippen molar-refractivity contribution in [2.24, 2.45) is 5.92 Å². The average Bonchev–Trinajstić information content (AvgIpc) is 3.50. The first-order valence-corrected chi connectivity index (χ1v) is 10.3. The molecule has 1 saturated carbocycles. The van der Waals surface area contributed by atoms with Crippen LogP contribution in [0, 0.1) is 5.92 Å². The molecule has 1 aliphatic rings. The van der Waals surface area contributed by atoms with Crippen LogP contribution in [0.3, 0.4) is 0 Å². The summed E-state index contributed by atoms with van der Waals surface area (Å²) in [6, 6.07) is 12.5. The third kappa shape index (κ3) is 4.99. The van der Waals surface area contributed by atoms with E-state index < -0.39 is 0 Å². The predicted octanol–water partition coefficient (Wildman–Crippen LogP) is 4.99. The number of hydrogen-bond acceptors (Lipinski definition) is 4. The monoisotopic (exact) mass is 383 g/mol. The molecule has 1 fully saturated rings. The van der Waals surface area contributed by atoms with Crippen molar-refractivity contribution in [3.8, 4) is 17.2 Å². The second-order valence-corrected chi connectivity index (χ2v) is 7.92. The number of aromatic hydroxyl groups is 1. The fourth-order valence-corrected chi connectivity index (χ4v) is 3.94. The Balaban J connectivity index is 1.93. The number of phenols is 1. The topological polar surface area (TPSA) is 41.9 Å². The van der Waals surface area contributed by atoms with E-state index in [1.807, 2.05) is 12.1 Å². The lowest BCUT2D eigenvalue weighted by molar-refractivity contribution is 0.232. The Hall–Kier alpha value is -2.20. The predicted molar refractivity (Wildman–Crippen MR) is 113 cm³/mol. The van der Waals surface area contributed by atoms with Crippen LogP contribution in [0.15, 0.2) is 36.4 Å². The first-order valence-electron chi connectivity index (χ1n) is 10.3. The number of rotatable bonds is 10. The third-order valence-electron chi connectivity index (χ3n) is 5.68. The van der Waals surface area contributed by atoms with Gasteiger partial charge in [0, 0.05) is 12.6 Å². The molecule has 0 unspecified atom stereocenters. The zero-order valence-electron chi connectivity index (χ0n) is 17.6. The van der Waals surface area contributed by atoms with Crippen LogP contribution in [0.2, 0.25) is 0 Å². The van der Waals surface area contributed by atoms with Crippen molar-refractivity contribution >= 4 is 0 Å². The molecule has 3 rings (SSSR count). The lowest BCUT2D eigenvalue weighted by atomic mass is 9.91. The van der Waals surface area contributed by atoms with E-state index in [1.54, 1.807) is 14.2 Å². The highest BCUT2D eigenvalue weighted by Gasteiger charge is 2.28. The van der Waals surface area contributed by atoms with Gasteiger partial charge in [0.25, 0.3) is 0 Å². The minimum atomic E-state index is 0.201. The van der Waals surface area contributed by atoms with Gasteiger partial charge in [0.15, 0.2) is 11.5 Å². The Kier molecular flexibility index (Phi) is 6.84. The standard InChI is InChI=1S/C24H33NO3/c1-5-6-19-15-20(27-3)10-11-21(19)22(25(2)16-17-7-8-17)13-18-9-12-24(28-4)23(26)14-18/h9-12,14-15,17,22,26H,5-8,13,16H2,1-4H3/t22-/m1/s1. The summed E-state index contributed by atoms with van der Waals surface area (Å²) in [5, 5.41) is 10.2. The molecule has 1 aliphatic carbocycles. The number of aryl methyl sites for hydroxylation is 1. The Morgan fingerprint density at radius 2 is 1.89 bits per heavy atom. The lowest BCUT2D eigenvalue weighted by Gasteiger charge is -2.31. The molecule has 4 heteroatoms. The number of hydrogen-bond donors (Lipinski definition) is 1. The highest BCUT2D eigenvalue weighted by molar-refractivity contribution is 5.43. The molecule has 28 heavy (non-hydrogen) atoms. The van der Waals surface area contributed by atoms with Crippen LogP contribution >= 0.6 is 0 Å². The van der Waals surface area contributed by atoms with Crippen molar-refractivity contribution in [2.45, 2.75) is 45.1 Å². The molecule has 0 bridgehead atoms. The van der Waals surface area contributed by atoms with Crippen LogP contribution in [-0.4, -0.2) is 37.8 Å². The van der Waals surface area contributed by atoms with Gasteiger partial charge in [0.1, 0.15) is 5.75 Å². The largest absolute Gasteiger partial charge is 0.504 e. The van der Waals surface area contributed by atoms with Crippen LogP contribution in [0.4, 0.5) is 0 Å². The molecular weight excluding hydrogens is 350 g/mol. The van der Waals surface area contributed by atoms with Gasteiger partial charge in [-0.15, -0.1) is 0 Å². The zero-order valence-corrected chi connectivity index (χ0v) is 17.6. The Bertz CT molecular complexity index is 785. The highest BCUT2D eigenvalue weighted by atomic mass is 16.5. The number of benzene rings is 2. The van der Waals surface area contributed by atoms with Crippen LogP contribution in [0.1, 0.15) is 48.9 Å². The van der Waals surface area contributed by atoms with E-state index in [0.717, 1.165) is 43.0 Å². The number of methoxy groups -OCH3 is 2. The lowest BCUT2D eigenvalue weighted by Crippen LogP contribution is -2.29. The minimum Gasteiger partial charge on any atom is -0.504 e. The normalized spacial score (nSPS) is 14.9. The van der Waals surface area contributed by atoms with Gasteiger partial charge in [-0.3, -0.25) is 4.90 Å². The van der Waals surface area contributed by atoms with E-state index in [9.17, 15) is 5.11 Å². The van der Waals surface area contributed by atoms with E-state index in [2.05, 4.69) is 43.1 Å². The van der Waals surface area contributed by atoms with Gasteiger partial charge in [0.2, 0.25) is 0 Å². The molecule has 0 aromatic heterocycles. The molecule has 1 atom stereocenters. The van der Waals surface area contributed by atoms with E-state index in [4.69, 9.17) is 9.47 Å². The SMILES string of the molecule is CCCc1cc(OC)ccc1[C@@H](Cc1ccc(OC)c(O)c1)N(C)CC1CC1. The number of nitrogens with zero attached hydrogens (tertiary/aromatic N) is 1. The van der Waals surface area contributed by atoms with Crippen LogP contribution in [0.5, 0.6) is 17.2 Å². The van der Waals surface area contributed by atoms with Crippen molar-refractivity contribution in [3.05, 3.63) is 53.1 Å². The van der Waals surface area contributed by atoms with Crippen LogP contribution < -0.4 is 9.47 Å². The number of likely N-dealkylation sites (N-methyl/N-ethyl adjacent to an activating group) is 1. The first kappa shape index (κ1) is 20.5. The maximum Gasteiger partial charge on any atom is 0.160 e. The van der Waals surface area contributed by atoms with Gasteiger partial charge in [-0.1, -0.05) is 25.5 Å². The molecule has 0 heterocycles. The van der Waals surface area contributed by atoms with Crippen molar-refractivity contribution in [1.29, 1.82) is 0 Å². The fraction of sp³-hybridized carbons (Fsp3) is 0.500. The second kappa shape index (κ2) is 9.33. The van der Waals surface area contributed by atoms with E-state index in [1.165, 1.54) is 24.0 Å². The van der Waals surface area contributed by atoms with Crippen molar-refractivity contribution in [3.63, 3.8) is 0 Å². The quantitative estimate of drug-likeness (QED) is 0.628. The summed E-state index contributed by atoms with van der Waals surface area (Å²) in [6.07, 6.45) is 5.66. The maximum atomic E-state index is 10.2. The summed E-state index contributed by atoms with van der Waals surface area (Å²) in [5.41, 5.74) is 3.83. The van der Waals surface area contributed by atoms with Crippen LogP contribution in [-0.2, 0) is 12.8 Å². The van der Waals surface area contributed by atoms with Crippen LogP contribution in [0.25, 0.3) is 0 Å². The molecule has 0 radical (unpaired) electrons. The number of ether oxygens (including phenoxy) is 2. The summed E-state index contributed by atoms with van der Waals surface area (Å²) in [5.74, 6) is 2.46. The van der Waals surface area contributed by atoms with E-state index in [-0.39, 0.29) is 11.8 Å². The van der Waals surface area contributed by atoms with E-state index >= 15 is 0 Å². The Morgan fingerprint density at radius 1 is 1.11 bits per heavy atom. The molecule has 1 N–H and O–H groups in total. The van der Waals surface area contributed by atoms with Gasteiger partial charge in [-0.05, 0) is 79.6 Å². The molecule has 0 amide bonds. The van der Waals surface area contributed by atoms with Crippen molar-refractivity contribution < 1.29 is 14.6 Å². The summed E-state index contributed by atoms with van der Waals surface area (Å²) < 4.78 is 10.7. The summed E-state index contributed by atoms with van der Waals surface area (Å²) in [4.78, 5) is 2.49. The van der Waals surface area contributed by atoms with Gasteiger partial charge in [-0.2, -0.15) is 0 Å². The highest BCUT2D eigenvalue weighted by Crippen LogP contribution is 2.36. The summed E-state index contributed by atoms with van der Waals surface area (Å²) >= 11 is 0. The van der Waals surface area contributed by atoms with Gasteiger partial charge < -0.3 is 14.6 Å². The molecule has 152 valence electrons. The summed E-state index contributed by atoms with van der Waals surface area (Å²) in [7, 11) is 5.53.